The lowest BCUT2D eigenvalue weighted by atomic mass is 9.98. The first-order valence-corrected chi connectivity index (χ1v) is 15.2. The Morgan fingerprint density at radius 3 is 1.33 bits per heavy atom. The SMILES string of the molecule is COc1nc(-c2cccc(-c3cccc(-c4ccc(C(=O)NCC(C)(C)N)c(OC)n4)c3Cl)c2Cl)ccc1C(=O)NCC(C)(C)N. The summed E-state index contributed by atoms with van der Waals surface area (Å²) in [4.78, 5) is 34.8. The van der Waals surface area contributed by atoms with Crippen molar-refractivity contribution in [2.75, 3.05) is 27.3 Å². The molecule has 0 saturated carbocycles. The third-order valence-corrected chi connectivity index (χ3v) is 7.66. The fraction of sp³-hybridized carbons (Fsp3) is 0.294. The number of nitrogens with one attached hydrogen (secondary N) is 2. The number of amides is 2. The number of carbonyl (C=O) groups is 2. The molecular formula is C34H38Cl2N6O4. The Kier molecular flexibility index (Phi) is 10.6. The van der Waals surface area contributed by atoms with E-state index >= 15 is 0 Å². The van der Waals surface area contributed by atoms with Crippen molar-refractivity contribution in [1.82, 2.24) is 20.6 Å². The maximum absolute atomic E-state index is 12.8. The van der Waals surface area contributed by atoms with Gasteiger partial charge in [-0.2, -0.15) is 0 Å². The second-order valence-electron chi connectivity index (χ2n) is 12.2. The maximum Gasteiger partial charge on any atom is 0.256 e. The average Bonchev–Trinajstić information content (AvgIpc) is 3.01. The quantitative estimate of drug-likeness (QED) is 0.158. The van der Waals surface area contributed by atoms with E-state index in [4.69, 9.17) is 44.1 Å². The summed E-state index contributed by atoms with van der Waals surface area (Å²) < 4.78 is 10.9. The van der Waals surface area contributed by atoms with Crippen molar-refractivity contribution in [3.8, 4) is 45.4 Å². The third kappa shape index (κ3) is 8.13. The highest BCUT2D eigenvalue weighted by Gasteiger charge is 2.22. The molecule has 0 fully saturated rings. The molecule has 10 nitrogen and oxygen atoms in total. The van der Waals surface area contributed by atoms with Gasteiger partial charge in [-0.3, -0.25) is 9.59 Å². The van der Waals surface area contributed by atoms with E-state index in [-0.39, 0.29) is 47.8 Å². The van der Waals surface area contributed by atoms with E-state index in [9.17, 15) is 9.59 Å². The van der Waals surface area contributed by atoms with Crippen LogP contribution in [0, 0.1) is 0 Å². The van der Waals surface area contributed by atoms with Gasteiger partial charge >= 0.3 is 0 Å². The van der Waals surface area contributed by atoms with E-state index in [2.05, 4.69) is 20.6 Å². The summed E-state index contributed by atoms with van der Waals surface area (Å²) in [5.74, 6) is -0.405. The molecule has 4 rings (SSSR count). The molecule has 0 saturated heterocycles. The number of aromatic nitrogens is 2. The fourth-order valence-corrected chi connectivity index (χ4v) is 5.17. The number of methoxy groups -OCH3 is 2. The van der Waals surface area contributed by atoms with Crippen LogP contribution in [0.5, 0.6) is 11.8 Å². The molecule has 0 radical (unpaired) electrons. The highest BCUT2D eigenvalue weighted by molar-refractivity contribution is 6.39. The van der Waals surface area contributed by atoms with Gasteiger partial charge in [0.15, 0.2) is 0 Å². The van der Waals surface area contributed by atoms with Crippen LogP contribution >= 0.6 is 23.2 Å². The van der Waals surface area contributed by atoms with Crippen LogP contribution in [-0.4, -0.2) is 60.2 Å². The van der Waals surface area contributed by atoms with Crippen LogP contribution in [0.1, 0.15) is 48.4 Å². The van der Waals surface area contributed by atoms with E-state index in [1.54, 1.807) is 24.3 Å². The normalized spacial score (nSPS) is 11.6. The monoisotopic (exact) mass is 664 g/mol. The minimum Gasteiger partial charge on any atom is -0.480 e. The lowest BCUT2D eigenvalue weighted by molar-refractivity contribution is 0.0934. The number of benzene rings is 2. The van der Waals surface area contributed by atoms with Crippen LogP contribution in [0.25, 0.3) is 33.6 Å². The summed E-state index contributed by atoms with van der Waals surface area (Å²) in [6, 6.07) is 17.7. The van der Waals surface area contributed by atoms with Crippen LogP contribution in [0.4, 0.5) is 0 Å². The van der Waals surface area contributed by atoms with Gasteiger partial charge in [0, 0.05) is 46.4 Å². The summed E-state index contributed by atoms with van der Waals surface area (Å²) in [5, 5.41) is 6.41. The van der Waals surface area contributed by atoms with E-state index in [1.807, 2.05) is 64.1 Å². The number of ether oxygens (including phenoxy) is 2. The Labute approximate surface area is 278 Å². The zero-order valence-corrected chi connectivity index (χ0v) is 28.1. The topological polar surface area (TPSA) is 154 Å². The van der Waals surface area contributed by atoms with Gasteiger partial charge in [0.2, 0.25) is 11.8 Å². The first-order valence-electron chi connectivity index (χ1n) is 14.5. The van der Waals surface area contributed by atoms with Gasteiger partial charge in [0.05, 0.1) is 35.7 Å². The number of nitrogens with two attached hydrogens (primary N) is 2. The number of nitrogens with zero attached hydrogens (tertiary/aromatic N) is 2. The van der Waals surface area contributed by atoms with Gasteiger partial charge in [-0.15, -0.1) is 0 Å². The maximum atomic E-state index is 12.8. The Morgan fingerprint density at radius 2 is 1.00 bits per heavy atom. The Bertz CT molecular complexity index is 1640. The molecule has 242 valence electrons. The Balaban J connectivity index is 1.68. The van der Waals surface area contributed by atoms with Gasteiger partial charge in [0.1, 0.15) is 11.1 Å². The first kappa shape index (κ1) is 34.6. The van der Waals surface area contributed by atoms with Crippen molar-refractivity contribution in [2.45, 2.75) is 38.8 Å². The fourth-order valence-electron chi connectivity index (χ4n) is 4.52. The molecule has 0 spiro atoms. The molecule has 2 heterocycles. The van der Waals surface area contributed by atoms with Crippen LogP contribution in [-0.2, 0) is 0 Å². The van der Waals surface area contributed by atoms with E-state index in [0.717, 1.165) is 0 Å². The molecule has 0 aliphatic carbocycles. The van der Waals surface area contributed by atoms with Gasteiger partial charge in [-0.1, -0.05) is 59.6 Å². The molecule has 6 N–H and O–H groups in total. The van der Waals surface area contributed by atoms with Crippen molar-refractivity contribution < 1.29 is 19.1 Å². The molecule has 2 aromatic carbocycles. The van der Waals surface area contributed by atoms with Gasteiger partial charge in [-0.25, -0.2) is 9.97 Å². The summed E-state index contributed by atoms with van der Waals surface area (Å²) in [5.41, 5.74) is 15.0. The second-order valence-corrected chi connectivity index (χ2v) is 12.9. The summed E-state index contributed by atoms with van der Waals surface area (Å²) >= 11 is 14.0. The average molecular weight is 666 g/mol. The molecule has 4 aromatic rings. The molecule has 0 atom stereocenters. The molecule has 0 aliphatic rings. The summed E-state index contributed by atoms with van der Waals surface area (Å²) in [7, 11) is 2.89. The molecule has 0 aliphatic heterocycles. The number of halogens is 2. The van der Waals surface area contributed by atoms with Gasteiger partial charge < -0.3 is 31.6 Å². The zero-order valence-electron chi connectivity index (χ0n) is 26.6. The first-order chi connectivity index (χ1) is 21.6. The Hall–Kier alpha value is -4.22. The van der Waals surface area contributed by atoms with Gasteiger partial charge in [0.25, 0.3) is 11.8 Å². The van der Waals surface area contributed by atoms with Crippen molar-refractivity contribution in [3.63, 3.8) is 0 Å². The number of hydrogen-bond acceptors (Lipinski definition) is 8. The van der Waals surface area contributed by atoms with Gasteiger partial charge in [-0.05, 0) is 52.0 Å². The third-order valence-electron chi connectivity index (χ3n) is 6.85. The predicted molar refractivity (Wildman–Crippen MR) is 183 cm³/mol. The molecule has 0 unspecified atom stereocenters. The standard InChI is InChI=1S/C34H38Cl2N6O4/c1-33(2,37)17-39-29(43)23-13-15-25(41-31(23)45-5)21-11-7-9-19(27(21)35)20-10-8-12-22(28(20)36)26-16-14-24(32(42-26)46-6)30(44)40-18-34(3,4)38/h7-16H,17-18,37-38H2,1-6H3,(H,39,43)(H,40,44). The van der Waals surface area contributed by atoms with E-state index < -0.39 is 11.1 Å². The lowest BCUT2D eigenvalue weighted by Crippen LogP contribution is -2.45. The molecular weight excluding hydrogens is 627 g/mol. The van der Waals surface area contributed by atoms with Crippen LogP contribution in [0.15, 0.2) is 60.7 Å². The molecule has 0 bridgehead atoms. The minimum atomic E-state index is -0.576. The Morgan fingerprint density at radius 1 is 0.652 bits per heavy atom. The number of hydrogen-bond donors (Lipinski definition) is 4. The molecule has 2 amide bonds. The lowest BCUT2D eigenvalue weighted by Gasteiger charge is -2.19. The second kappa shape index (κ2) is 14.0. The number of pyridine rings is 2. The molecule has 12 heteroatoms. The van der Waals surface area contributed by atoms with Crippen molar-refractivity contribution in [2.24, 2.45) is 11.5 Å². The van der Waals surface area contributed by atoms with Crippen LogP contribution < -0.4 is 31.6 Å². The zero-order chi connectivity index (χ0) is 33.8. The largest absolute Gasteiger partial charge is 0.480 e. The van der Waals surface area contributed by atoms with Crippen molar-refractivity contribution in [1.29, 1.82) is 0 Å². The summed E-state index contributed by atoms with van der Waals surface area (Å²) in [6.45, 7) is 7.83. The number of carbonyl (C=O) groups excluding carboxylic acids is 2. The van der Waals surface area contributed by atoms with E-state index in [1.165, 1.54) is 14.2 Å². The van der Waals surface area contributed by atoms with Crippen LogP contribution in [0.2, 0.25) is 10.0 Å². The molecule has 46 heavy (non-hydrogen) atoms. The summed E-state index contributed by atoms with van der Waals surface area (Å²) in [6.07, 6.45) is 0. The smallest absolute Gasteiger partial charge is 0.256 e. The minimum absolute atomic E-state index is 0.148. The number of rotatable bonds is 11. The van der Waals surface area contributed by atoms with Crippen LogP contribution in [0.3, 0.4) is 0 Å². The highest BCUT2D eigenvalue weighted by Crippen LogP contribution is 2.42. The predicted octanol–water partition coefficient (Wildman–Crippen LogP) is 5.74. The van der Waals surface area contributed by atoms with E-state index in [0.29, 0.717) is 43.7 Å². The van der Waals surface area contributed by atoms with Crippen molar-refractivity contribution in [3.05, 3.63) is 81.8 Å². The van der Waals surface area contributed by atoms with Crippen molar-refractivity contribution >= 4 is 35.0 Å². The highest BCUT2D eigenvalue weighted by atomic mass is 35.5. The molecule has 2 aromatic heterocycles.